The van der Waals surface area contributed by atoms with E-state index < -0.39 is 27.4 Å². The first-order chi connectivity index (χ1) is 5.94. The van der Waals surface area contributed by atoms with Crippen molar-refractivity contribution in [2.45, 2.75) is 11.2 Å². The Labute approximate surface area is 75.4 Å². The van der Waals surface area contributed by atoms with Gasteiger partial charge in [-0.3, -0.25) is 0 Å². The molecule has 0 aliphatic rings. The summed E-state index contributed by atoms with van der Waals surface area (Å²) in [5.74, 6) is -10.9. The third-order valence-electron chi connectivity index (χ3n) is 1.12. The van der Waals surface area contributed by atoms with Gasteiger partial charge in [0.25, 0.3) is 0 Å². The maximum Gasteiger partial charge on any atom is 0.455 e. The fourth-order valence-electron chi connectivity index (χ4n) is 0.367. The zero-order valence-electron chi connectivity index (χ0n) is 6.17. The summed E-state index contributed by atoms with van der Waals surface area (Å²) in [5, 5.41) is -0.593. The fraction of sp³-hybridized carbons (Fsp3) is 0.667. The summed E-state index contributed by atoms with van der Waals surface area (Å²) in [6.07, 6.45) is 0. The van der Waals surface area contributed by atoms with Gasteiger partial charge in [-0.2, -0.15) is 17.6 Å². The minimum atomic E-state index is -12.0. The summed E-state index contributed by atoms with van der Waals surface area (Å²) in [7, 11) is -12.0. The molecule has 0 amide bonds. The summed E-state index contributed by atoms with van der Waals surface area (Å²) in [5.41, 5.74) is 0. The Morgan fingerprint density at radius 1 is 0.933 bits per heavy atom. The lowest BCUT2D eigenvalue weighted by Gasteiger charge is -2.47. The number of halogens is 9. The van der Waals surface area contributed by atoms with Crippen LogP contribution in [0.1, 0.15) is 0 Å². The standard InChI is InChI=1S/C3HF9O2S/c4-2(5,1(13)14)3(6,7)15(8,9,10,11)12/h(H,13,14). The average molecular weight is 272 g/mol. The molecule has 0 unspecified atom stereocenters. The van der Waals surface area contributed by atoms with Crippen LogP contribution >= 0.6 is 10.2 Å². The zero-order valence-corrected chi connectivity index (χ0v) is 6.98. The van der Waals surface area contributed by atoms with Gasteiger partial charge in [-0.05, 0) is 0 Å². The molecule has 94 valence electrons. The lowest BCUT2D eigenvalue weighted by atomic mass is 10.3. The van der Waals surface area contributed by atoms with E-state index in [1.807, 2.05) is 0 Å². The second kappa shape index (κ2) is 2.30. The van der Waals surface area contributed by atoms with Crippen LogP contribution in [-0.4, -0.2) is 22.3 Å². The van der Waals surface area contributed by atoms with Gasteiger partial charge in [0.05, 0.1) is 0 Å². The molecule has 1 N–H and O–H groups in total. The number of aliphatic carboxylic acids is 1. The number of carboxylic acid groups (broad SMARTS) is 1. The molecule has 0 aromatic carbocycles. The highest BCUT2D eigenvalue weighted by molar-refractivity contribution is 8.46. The number of carbonyl (C=O) groups is 1. The molecule has 0 bridgehead atoms. The van der Waals surface area contributed by atoms with Gasteiger partial charge in [-0.1, -0.05) is 19.4 Å². The van der Waals surface area contributed by atoms with E-state index in [2.05, 4.69) is 0 Å². The van der Waals surface area contributed by atoms with Crippen LogP contribution in [0.2, 0.25) is 0 Å². The van der Waals surface area contributed by atoms with E-state index in [1.165, 1.54) is 0 Å². The Bertz CT molecular complexity index is 299. The van der Waals surface area contributed by atoms with Crippen molar-refractivity contribution in [1.29, 1.82) is 0 Å². The fourth-order valence-corrected chi connectivity index (χ4v) is 0.939. The quantitative estimate of drug-likeness (QED) is 0.797. The van der Waals surface area contributed by atoms with Crippen molar-refractivity contribution < 1.29 is 46.9 Å². The molecule has 0 atom stereocenters. The van der Waals surface area contributed by atoms with E-state index in [9.17, 15) is 41.8 Å². The Kier molecular flexibility index (Phi) is 2.18. The smallest absolute Gasteiger partial charge is 0.455 e. The first-order valence-corrected chi connectivity index (χ1v) is 4.61. The molecule has 0 spiro atoms. The zero-order chi connectivity index (χ0) is 13.0. The van der Waals surface area contributed by atoms with Gasteiger partial charge in [0.1, 0.15) is 0 Å². The highest BCUT2D eigenvalue weighted by atomic mass is 32.5. The summed E-state index contributed by atoms with van der Waals surface area (Å²) in [6, 6.07) is 0. The molecule has 15 heavy (non-hydrogen) atoms. The van der Waals surface area contributed by atoms with Crippen molar-refractivity contribution in [2.24, 2.45) is 0 Å². The molecule has 2 nitrogen and oxygen atoms in total. The maximum atomic E-state index is 11.8. The van der Waals surface area contributed by atoms with Crippen molar-refractivity contribution in [2.75, 3.05) is 0 Å². The lowest BCUT2D eigenvalue weighted by Crippen LogP contribution is -2.53. The monoisotopic (exact) mass is 272 g/mol. The average Bonchev–Trinajstić information content (AvgIpc) is 1.80. The molecule has 0 aromatic heterocycles. The molecule has 0 aliphatic heterocycles. The minimum Gasteiger partial charge on any atom is -0.477 e. The van der Waals surface area contributed by atoms with E-state index in [1.54, 1.807) is 0 Å². The Balaban J connectivity index is 5.88. The van der Waals surface area contributed by atoms with Gasteiger partial charge in [0.15, 0.2) is 0 Å². The number of hydrogen-bond donors (Lipinski definition) is 1. The van der Waals surface area contributed by atoms with Crippen LogP contribution in [0.4, 0.5) is 37.0 Å². The molecule has 0 fully saturated rings. The highest BCUT2D eigenvalue weighted by Gasteiger charge is 2.93. The van der Waals surface area contributed by atoms with Crippen LogP contribution in [0.15, 0.2) is 0 Å². The molecule has 0 aliphatic carbocycles. The molecule has 0 saturated heterocycles. The second-order valence-corrected chi connectivity index (χ2v) is 4.82. The molecule has 0 rings (SSSR count). The van der Waals surface area contributed by atoms with Gasteiger partial charge in [-0.15, -0.1) is 0 Å². The number of alkyl halides is 4. The van der Waals surface area contributed by atoms with Gasteiger partial charge in [0.2, 0.25) is 0 Å². The SMILES string of the molecule is O=C(O)C(F)(F)C(F)(F)S(F)(F)(F)(F)F. The van der Waals surface area contributed by atoms with Gasteiger partial charge >= 0.3 is 27.4 Å². The van der Waals surface area contributed by atoms with E-state index in [0.29, 0.717) is 0 Å². The largest absolute Gasteiger partial charge is 0.477 e. The number of hydrogen-bond acceptors (Lipinski definition) is 1. The summed E-state index contributed by atoms with van der Waals surface area (Å²) in [4.78, 5) is 9.35. The van der Waals surface area contributed by atoms with Crippen LogP contribution in [0, 0.1) is 0 Å². The molecule has 0 aromatic rings. The Morgan fingerprint density at radius 2 is 1.20 bits per heavy atom. The van der Waals surface area contributed by atoms with Crippen LogP contribution in [0.25, 0.3) is 0 Å². The van der Waals surface area contributed by atoms with E-state index in [-0.39, 0.29) is 0 Å². The molecule has 0 heterocycles. The maximum absolute atomic E-state index is 12.0. The molecule has 0 radical (unpaired) electrons. The normalized spacial score (nSPS) is 19.3. The Morgan fingerprint density at radius 3 is 1.27 bits per heavy atom. The van der Waals surface area contributed by atoms with E-state index in [4.69, 9.17) is 5.11 Å². The van der Waals surface area contributed by atoms with Crippen molar-refractivity contribution in [3.05, 3.63) is 0 Å². The third kappa shape index (κ3) is 1.94. The van der Waals surface area contributed by atoms with Crippen molar-refractivity contribution >= 4 is 16.2 Å². The summed E-state index contributed by atoms with van der Waals surface area (Å²) >= 11 is 0. The summed E-state index contributed by atoms with van der Waals surface area (Å²) in [6.45, 7) is 0. The Hall–Kier alpha value is -0.810. The first-order valence-electron chi connectivity index (χ1n) is 2.66. The van der Waals surface area contributed by atoms with Crippen molar-refractivity contribution in [3.8, 4) is 0 Å². The second-order valence-electron chi connectivity index (χ2n) is 2.37. The van der Waals surface area contributed by atoms with Crippen LogP contribution < -0.4 is 0 Å². The lowest BCUT2D eigenvalue weighted by molar-refractivity contribution is -0.205. The molecular formula is C3HF9O2S. The van der Waals surface area contributed by atoms with E-state index in [0.717, 1.165) is 0 Å². The van der Waals surface area contributed by atoms with Gasteiger partial charge in [0, 0.05) is 0 Å². The molecule has 0 saturated carbocycles. The predicted octanol–water partition coefficient (Wildman–Crippen LogP) is 3.60. The predicted molar refractivity (Wildman–Crippen MR) is 30.7 cm³/mol. The van der Waals surface area contributed by atoms with Gasteiger partial charge in [-0.25, -0.2) is 4.79 Å². The highest BCUT2D eigenvalue weighted by Crippen LogP contribution is 3.05. The number of carboxylic acids is 1. The first kappa shape index (κ1) is 14.2. The van der Waals surface area contributed by atoms with Crippen LogP contribution in [0.5, 0.6) is 0 Å². The molecule has 12 heteroatoms. The van der Waals surface area contributed by atoms with Crippen LogP contribution in [-0.2, 0) is 4.79 Å². The van der Waals surface area contributed by atoms with Crippen molar-refractivity contribution in [1.82, 2.24) is 0 Å². The van der Waals surface area contributed by atoms with Crippen LogP contribution in [0.3, 0.4) is 0 Å². The minimum absolute atomic E-state index is 4.00. The number of rotatable bonds is 3. The third-order valence-corrected chi connectivity index (χ3v) is 2.34. The topological polar surface area (TPSA) is 37.3 Å². The molecular weight excluding hydrogens is 271 g/mol. The van der Waals surface area contributed by atoms with E-state index >= 15 is 0 Å². The summed E-state index contributed by atoms with van der Waals surface area (Å²) < 4.78 is 104. The van der Waals surface area contributed by atoms with Gasteiger partial charge < -0.3 is 5.11 Å². The van der Waals surface area contributed by atoms with Crippen molar-refractivity contribution in [3.63, 3.8) is 0 Å².